The number of methoxy groups -OCH3 is 1. The zero-order valence-corrected chi connectivity index (χ0v) is 20.0. The number of tetrazole rings is 1. The third-order valence-electron chi connectivity index (χ3n) is 6.85. The van der Waals surface area contributed by atoms with Gasteiger partial charge in [0.1, 0.15) is 12.9 Å². The third kappa shape index (κ3) is 4.70. The van der Waals surface area contributed by atoms with Crippen LogP contribution in [0.25, 0.3) is 5.82 Å². The van der Waals surface area contributed by atoms with Gasteiger partial charge in [-0.15, -0.1) is 5.10 Å². The van der Waals surface area contributed by atoms with Crippen molar-refractivity contribution in [3.05, 3.63) is 64.6 Å². The number of fused-ring (bicyclic) bond motifs is 1. The largest absolute Gasteiger partial charge is 0.457 e. The molecule has 1 fully saturated rings. The molecule has 1 aromatic carbocycles. The van der Waals surface area contributed by atoms with Crippen LogP contribution in [0.4, 0.5) is 0 Å². The molecule has 188 valence electrons. The predicted octanol–water partition coefficient (Wildman–Crippen LogP) is 0.589. The molecule has 3 atom stereocenters. The van der Waals surface area contributed by atoms with E-state index < -0.39 is 6.10 Å². The molecule has 0 spiro atoms. The van der Waals surface area contributed by atoms with E-state index in [1.807, 2.05) is 6.92 Å². The summed E-state index contributed by atoms with van der Waals surface area (Å²) in [6.45, 7) is 3.80. The van der Waals surface area contributed by atoms with Crippen LogP contribution in [0, 0.1) is 6.92 Å². The fourth-order valence-corrected chi connectivity index (χ4v) is 4.80. The summed E-state index contributed by atoms with van der Waals surface area (Å²) < 4.78 is 12.2. The van der Waals surface area contributed by atoms with E-state index in [-0.39, 0.29) is 30.6 Å². The summed E-state index contributed by atoms with van der Waals surface area (Å²) in [5.41, 5.74) is 3.51. The Balaban J connectivity index is 1.19. The van der Waals surface area contributed by atoms with Gasteiger partial charge in [0.05, 0.1) is 29.4 Å². The SMILES string of the molecule is CO[C@H]1CN(C[C@H](O)c2ccc3c(c2C)COC3=O)CC[C@H]1NC(=O)c1ccc(-n2cnnn2)nc1. The van der Waals surface area contributed by atoms with Crippen LogP contribution < -0.4 is 5.32 Å². The van der Waals surface area contributed by atoms with Crippen LogP contribution in [0.15, 0.2) is 36.8 Å². The molecule has 4 heterocycles. The van der Waals surface area contributed by atoms with Gasteiger partial charge >= 0.3 is 5.97 Å². The molecule has 2 aromatic heterocycles. The Hall–Kier alpha value is -3.74. The van der Waals surface area contributed by atoms with Gasteiger partial charge in [-0.2, -0.15) is 4.68 Å². The van der Waals surface area contributed by atoms with E-state index >= 15 is 0 Å². The number of amides is 1. The van der Waals surface area contributed by atoms with Gasteiger partial charge in [-0.25, -0.2) is 9.78 Å². The van der Waals surface area contributed by atoms with Crippen molar-refractivity contribution in [1.29, 1.82) is 0 Å². The summed E-state index contributed by atoms with van der Waals surface area (Å²) >= 11 is 0. The second kappa shape index (κ2) is 10.1. The van der Waals surface area contributed by atoms with Crippen LogP contribution in [0.2, 0.25) is 0 Å². The Labute approximate surface area is 207 Å². The molecule has 12 nitrogen and oxygen atoms in total. The van der Waals surface area contributed by atoms with Crippen molar-refractivity contribution in [2.75, 3.05) is 26.7 Å². The zero-order chi connectivity index (χ0) is 25.2. The smallest absolute Gasteiger partial charge is 0.338 e. The molecule has 0 aliphatic carbocycles. The highest BCUT2D eigenvalue weighted by molar-refractivity contribution is 5.94. The van der Waals surface area contributed by atoms with Gasteiger partial charge in [-0.1, -0.05) is 6.07 Å². The van der Waals surface area contributed by atoms with Crippen molar-refractivity contribution in [3.63, 3.8) is 0 Å². The number of nitrogens with one attached hydrogen (secondary N) is 1. The quantitative estimate of drug-likeness (QED) is 0.449. The van der Waals surface area contributed by atoms with Crippen molar-refractivity contribution in [1.82, 2.24) is 35.4 Å². The minimum atomic E-state index is -0.723. The van der Waals surface area contributed by atoms with Gasteiger partial charge in [-0.3, -0.25) is 9.69 Å². The number of benzene rings is 1. The van der Waals surface area contributed by atoms with Crippen LogP contribution in [0.3, 0.4) is 0 Å². The molecule has 0 unspecified atom stereocenters. The standard InChI is InChI=1S/C24H27N7O5/c1-14-16(4-5-17-18(14)12-36-24(17)34)20(32)10-30-8-7-19(21(11-30)35-2)27-23(33)15-3-6-22(25-9-15)31-13-26-28-29-31/h3-6,9,13,19-21,32H,7-8,10-12H2,1-2H3,(H,27,33)/t19-,20+,21+/m1/s1. The van der Waals surface area contributed by atoms with E-state index in [4.69, 9.17) is 9.47 Å². The summed E-state index contributed by atoms with van der Waals surface area (Å²) in [7, 11) is 1.62. The lowest BCUT2D eigenvalue weighted by Crippen LogP contribution is -2.55. The highest BCUT2D eigenvalue weighted by atomic mass is 16.5. The van der Waals surface area contributed by atoms with Crippen molar-refractivity contribution < 1.29 is 24.2 Å². The second-order valence-electron chi connectivity index (χ2n) is 8.96. The number of piperidine rings is 1. The van der Waals surface area contributed by atoms with Gasteiger partial charge in [0.2, 0.25) is 0 Å². The summed E-state index contributed by atoms with van der Waals surface area (Å²) in [5, 5.41) is 24.9. The number of ether oxygens (including phenoxy) is 2. The van der Waals surface area contributed by atoms with Gasteiger partial charge in [0.15, 0.2) is 5.82 Å². The van der Waals surface area contributed by atoms with E-state index in [0.29, 0.717) is 43.0 Å². The minimum Gasteiger partial charge on any atom is -0.457 e. The Morgan fingerprint density at radius 2 is 2.19 bits per heavy atom. The van der Waals surface area contributed by atoms with E-state index in [9.17, 15) is 14.7 Å². The molecule has 36 heavy (non-hydrogen) atoms. The van der Waals surface area contributed by atoms with Crippen LogP contribution in [0.5, 0.6) is 0 Å². The molecule has 2 N–H and O–H groups in total. The normalized spacial score (nSPS) is 20.6. The van der Waals surface area contributed by atoms with Crippen LogP contribution in [0.1, 0.15) is 49.9 Å². The lowest BCUT2D eigenvalue weighted by atomic mass is 9.94. The van der Waals surface area contributed by atoms with E-state index in [0.717, 1.165) is 16.7 Å². The maximum atomic E-state index is 12.8. The molecule has 3 aromatic rings. The topological polar surface area (TPSA) is 145 Å². The number of pyridine rings is 1. The first-order chi connectivity index (χ1) is 17.4. The Morgan fingerprint density at radius 1 is 1.33 bits per heavy atom. The second-order valence-corrected chi connectivity index (χ2v) is 8.96. The number of nitrogens with zero attached hydrogens (tertiary/aromatic N) is 6. The molecule has 0 saturated carbocycles. The molecule has 12 heteroatoms. The summed E-state index contributed by atoms with van der Waals surface area (Å²) in [6, 6.07) is 6.68. The van der Waals surface area contributed by atoms with Gasteiger partial charge in [0, 0.05) is 38.5 Å². The number of rotatable bonds is 7. The van der Waals surface area contributed by atoms with Crippen LogP contribution >= 0.6 is 0 Å². The average molecular weight is 494 g/mol. The maximum absolute atomic E-state index is 12.8. The number of likely N-dealkylation sites (tertiary alicyclic amines) is 1. The number of β-amino-alcohol motifs (C(OH)–C–C–N with tert-alkyl or cyclic N) is 1. The van der Waals surface area contributed by atoms with Crippen molar-refractivity contribution in [2.45, 2.75) is 38.2 Å². The van der Waals surface area contributed by atoms with E-state index in [2.05, 4.69) is 30.7 Å². The first kappa shape index (κ1) is 24.0. The Bertz CT molecular complexity index is 1250. The molecule has 2 aliphatic heterocycles. The number of cyclic esters (lactones) is 1. The molecule has 0 bridgehead atoms. The molecule has 0 radical (unpaired) electrons. The fraction of sp³-hybridized carbons (Fsp3) is 0.417. The summed E-state index contributed by atoms with van der Waals surface area (Å²) in [6.07, 6.45) is 2.61. The molecular formula is C24H27N7O5. The Kier molecular flexibility index (Phi) is 6.72. The first-order valence-corrected chi connectivity index (χ1v) is 11.7. The molecule has 1 amide bonds. The molecular weight excluding hydrogens is 466 g/mol. The number of carbonyl (C=O) groups excluding carboxylic acids is 2. The number of aromatic nitrogens is 5. The summed E-state index contributed by atoms with van der Waals surface area (Å²) in [5.74, 6) is -0.0480. The lowest BCUT2D eigenvalue weighted by Gasteiger charge is -2.39. The number of aliphatic hydroxyl groups is 1. The number of aliphatic hydroxyl groups excluding tert-OH is 1. The molecule has 2 aliphatic rings. The van der Waals surface area contributed by atoms with Crippen LogP contribution in [-0.2, 0) is 16.1 Å². The number of hydrogen-bond acceptors (Lipinski definition) is 10. The van der Waals surface area contributed by atoms with Crippen molar-refractivity contribution >= 4 is 11.9 Å². The van der Waals surface area contributed by atoms with E-state index in [1.54, 1.807) is 31.4 Å². The maximum Gasteiger partial charge on any atom is 0.338 e. The van der Waals surface area contributed by atoms with Crippen molar-refractivity contribution in [3.8, 4) is 5.82 Å². The molecule has 1 saturated heterocycles. The zero-order valence-electron chi connectivity index (χ0n) is 20.0. The Morgan fingerprint density at radius 3 is 2.92 bits per heavy atom. The number of esters is 1. The number of carbonyl (C=O) groups is 2. The monoisotopic (exact) mass is 493 g/mol. The van der Waals surface area contributed by atoms with Gasteiger partial charge in [-0.05, 0) is 53.1 Å². The fourth-order valence-electron chi connectivity index (χ4n) is 4.80. The predicted molar refractivity (Wildman–Crippen MR) is 125 cm³/mol. The minimum absolute atomic E-state index is 0.181. The number of hydrogen-bond donors (Lipinski definition) is 2. The highest BCUT2D eigenvalue weighted by Gasteiger charge is 2.32. The van der Waals surface area contributed by atoms with Gasteiger partial charge < -0.3 is 19.9 Å². The summed E-state index contributed by atoms with van der Waals surface area (Å²) in [4.78, 5) is 31.0. The third-order valence-corrected chi connectivity index (χ3v) is 6.85. The average Bonchev–Trinajstić information content (AvgIpc) is 3.56. The highest BCUT2D eigenvalue weighted by Crippen LogP contribution is 2.30. The van der Waals surface area contributed by atoms with Crippen LogP contribution in [-0.4, -0.2) is 86.0 Å². The first-order valence-electron chi connectivity index (χ1n) is 11.7. The van der Waals surface area contributed by atoms with Crippen molar-refractivity contribution in [2.24, 2.45) is 0 Å². The van der Waals surface area contributed by atoms with Gasteiger partial charge in [0.25, 0.3) is 5.91 Å². The lowest BCUT2D eigenvalue weighted by molar-refractivity contribution is -0.00755. The van der Waals surface area contributed by atoms with E-state index in [1.165, 1.54) is 17.2 Å². The molecule has 5 rings (SSSR count).